The molecule has 3 nitrogen and oxygen atoms in total. The highest BCUT2D eigenvalue weighted by atomic mass is 16.6. The van der Waals surface area contributed by atoms with Crippen molar-refractivity contribution < 1.29 is 9.53 Å². The third-order valence-electron chi connectivity index (χ3n) is 4.84. The number of rotatable bonds is 3. The minimum atomic E-state index is -0.370. The Labute approximate surface area is 124 Å². The van der Waals surface area contributed by atoms with Gasteiger partial charge in [-0.25, -0.2) is 0 Å². The molecular weight excluding hydrogens is 250 g/mol. The summed E-state index contributed by atoms with van der Waals surface area (Å²) in [6.07, 6.45) is 8.61. The van der Waals surface area contributed by atoms with Crippen LogP contribution in [-0.4, -0.2) is 35.1 Å². The van der Waals surface area contributed by atoms with E-state index in [1.165, 1.54) is 32.1 Å². The first kappa shape index (κ1) is 15.8. The van der Waals surface area contributed by atoms with Crippen molar-refractivity contribution in [1.82, 2.24) is 4.90 Å². The van der Waals surface area contributed by atoms with Crippen LogP contribution >= 0.6 is 0 Å². The van der Waals surface area contributed by atoms with E-state index in [9.17, 15) is 4.79 Å². The fraction of sp³-hybridized carbons (Fsp3) is 0.941. The van der Waals surface area contributed by atoms with Crippen molar-refractivity contribution in [3.63, 3.8) is 0 Å². The Morgan fingerprint density at radius 2 is 1.80 bits per heavy atom. The van der Waals surface area contributed by atoms with Crippen LogP contribution in [0.2, 0.25) is 0 Å². The van der Waals surface area contributed by atoms with E-state index in [-0.39, 0.29) is 17.6 Å². The fourth-order valence-electron chi connectivity index (χ4n) is 3.73. The van der Waals surface area contributed by atoms with Gasteiger partial charge in [0.05, 0.1) is 0 Å². The maximum absolute atomic E-state index is 12.4. The number of hydrogen-bond acceptors (Lipinski definition) is 3. The number of esters is 1. The molecule has 1 saturated carbocycles. The van der Waals surface area contributed by atoms with Crippen LogP contribution in [0.3, 0.4) is 0 Å². The smallest absolute Gasteiger partial charge is 0.323 e. The van der Waals surface area contributed by atoms with Crippen molar-refractivity contribution in [3.8, 4) is 0 Å². The van der Waals surface area contributed by atoms with Crippen molar-refractivity contribution in [3.05, 3.63) is 0 Å². The zero-order valence-electron chi connectivity index (χ0n) is 13.7. The van der Waals surface area contributed by atoms with Crippen LogP contribution in [-0.2, 0) is 9.53 Å². The molecule has 0 bridgehead atoms. The lowest BCUT2D eigenvalue weighted by Gasteiger charge is -2.37. The molecule has 2 rings (SSSR count). The monoisotopic (exact) mass is 281 g/mol. The second-order valence-corrected chi connectivity index (χ2v) is 7.51. The molecule has 1 heterocycles. The van der Waals surface area contributed by atoms with Gasteiger partial charge in [0.1, 0.15) is 11.6 Å². The molecule has 0 radical (unpaired) electrons. The summed E-state index contributed by atoms with van der Waals surface area (Å²) in [7, 11) is 0. The SMILES string of the molecule is CCC1CCC(N2CCC[C@@H]2C(=O)OC(C)(C)C)CC1. The molecular formula is C17H31NO2. The van der Waals surface area contributed by atoms with Crippen LogP contribution in [0.25, 0.3) is 0 Å². The standard InChI is InChI=1S/C17H31NO2/c1-5-13-8-10-14(11-9-13)18-12-6-7-15(18)16(19)20-17(2,3)4/h13-15H,5-12H2,1-4H3/t13?,14?,15-/m1/s1. The van der Waals surface area contributed by atoms with Gasteiger partial charge in [-0.15, -0.1) is 0 Å². The van der Waals surface area contributed by atoms with Gasteiger partial charge in [-0.1, -0.05) is 13.3 Å². The van der Waals surface area contributed by atoms with Gasteiger partial charge in [-0.2, -0.15) is 0 Å². The summed E-state index contributed by atoms with van der Waals surface area (Å²) in [5, 5.41) is 0. The lowest BCUT2D eigenvalue weighted by atomic mass is 9.84. The lowest BCUT2D eigenvalue weighted by molar-refractivity contribution is -0.161. The van der Waals surface area contributed by atoms with Crippen LogP contribution in [0.4, 0.5) is 0 Å². The van der Waals surface area contributed by atoms with Crippen molar-refractivity contribution in [1.29, 1.82) is 0 Å². The molecule has 0 aromatic rings. The second-order valence-electron chi connectivity index (χ2n) is 7.51. The van der Waals surface area contributed by atoms with Gasteiger partial charge in [0.25, 0.3) is 0 Å². The minimum Gasteiger partial charge on any atom is -0.459 e. The molecule has 2 fully saturated rings. The number of likely N-dealkylation sites (tertiary alicyclic amines) is 1. The van der Waals surface area contributed by atoms with E-state index in [0.717, 1.165) is 25.3 Å². The summed E-state index contributed by atoms with van der Waals surface area (Å²) in [6, 6.07) is 0.621. The summed E-state index contributed by atoms with van der Waals surface area (Å²) in [5.41, 5.74) is -0.370. The molecule has 2 aliphatic rings. The van der Waals surface area contributed by atoms with E-state index in [1.54, 1.807) is 0 Å². The molecule has 0 unspecified atom stereocenters. The van der Waals surface area contributed by atoms with Crippen LogP contribution in [0.15, 0.2) is 0 Å². The van der Waals surface area contributed by atoms with Crippen molar-refractivity contribution in [2.75, 3.05) is 6.54 Å². The highest BCUT2D eigenvalue weighted by Gasteiger charge is 2.38. The second kappa shape index (κ2) is 6.46. The maximum Gasteiger partial charge on any atom is 0.323 e. The molecule has 0 spiro atoms. The molecule has 116 valence electrons. The normalized spacial score (nSPS) is 32.3. The van der Waals surface area contributed by atoms with Crippen LogP contribution < -0.4 is 0 Å². The highest BCUT2D eigenvalue weighted by molar-refractivity contribution is 5.76. The predicted octanol–water partition coefficient (Wildman–Crippen LogP) is 3.76. The Hall–Kier alpha value is -0.570. The Morgan fingerprint density at radius 1 is 1.15 bits per heavy atom. The minimum absolute atomic E-state index is 0.00684. The molecule has 0 aromatic carbocycles. The van der Waals surface area contributed by atoms with E-state index in [2.05, 4.69) is 11.8 Å². The van der Waals surface area contributed by atoms with E-state index >= 15 is 0 Å². The van der Waals surface area contributed by atoms with E-state index in [1.807, 2.05) is 20.8 Å². The quantitative estimate of drug-likeness (QED) is 0.738. The summed E-state index contributed by atoms with van der Waals surface area (Å²) in [6.45, 7) is 9.24. The average molecular weight is 281 g/mol. The largest absolute Gasteiger partial charge is 0.459 e. The van der Waals surface area contributed by atoms with Gasteiger partial charge >= 0.3 is 5.97 Å². The number of carbonyl (C=O) groups excluding carboxylic acids is 1. The van der Waals surface area contributed by atoms with E-state index in [0.29, 0.717) is 6.04 Å². The third kappa shape index (κ3) is 3.97. The molecule has 0 aromatic heterocycles. The first-order chi connectivity index (χ1) is 9.40. The van der Waals surface area contributed by atoms with Crippen LogP contribution in [0.5, 0.6) is 0 Å². The molecule has 0 amide bonds. The molecule has 1 saturated heterocycles. The zero-order valence-corrected chi connectivity index (χ0v) is 13.7. The summed E-state index contributed by atoms with van der Waals surface area (Å²) < 4.78 is 5.60. The van der Waals surface area contributed by atoms with Gasteiger partial charge in [0.2, 0.25) is 0 Å². The van der Waals surface area contributed by atoms with Crippen molar-refractivity contribution >= 4 is 5.97 Å². The summed E-state index contributed by atoms with van der Waals surface area (Å²) >= 11 is 0. The van der Waals surface area contributed by atoms with Crippen LogP contribution in [0.1, 0.15) is 72.6 Å². The average Bonchev–Trinajstić information content (AvgIpc) is 2.86. The molecule has 3 heteroatoms. The highest BCUT2D eigenvalue weighted by Crippen LogP contribution is 2.33. The lowest BCUT2D eigenvalue weighted by Crippen LogP contribution is -2.46. The topological polar surface area (TPSA) is 29.5 Å². The van der Waals surface area contributed by atoms with Gasteiger partial charge in [-0.3, -0.25) is 9.69 Å². The summed E-state index contributed by atoms with van der Waals surface area (Å²) in [4.78, 5) is 14.8. The van der Waals surface area contributed by atoms with E-state index < -0.39 is 0 Å². The van der Waals surface area contributed by atoms with Gasteiger partial charge in [0, 0.05) is 6.04 Å². The van der Waals surface area contributed by atoms with Crippen molar-refractivity contribution in [2.24, 2.45) is 5.92 Å². The Morgan fingerprint density at radius 3 is 2.35 bits per heavy atom. The van der Waals surface area contributed by atoms with Gasteiger partial charge in [-0.05, 0) is 71.8 Å². The number of nitrogens with zero attached hydrogens (tertiary/aromatic N) is 1. The predicted molar refractivity (Wildman–Crippen MR) is 81.6 cm³/mol. The van der Waals surface area contributed by atoms with Crippen molar-refractivity contribution in [2.45, 2.75) is 90.3 Å². The molecule has 20 heavy (non-hydrogen) atoms. The summed E-state index contributed by atoms with van der Waals surface area (Å²) in [5.74, 6) is 0.904. The first-order valence-electron chi connectivity index (χ1n) is 8.39. The number of ether oxygens (including phenoxy) is 1. The Kier molecular flexibility index (Phi) is 5.11. The van der Waals surface area contributed by atoms with Gasteiger partial charge < -0.3 is 4.74 Å². The maximum atomic E-state index is 12.4. The zero-order chi connectivity index (χ0) is 14.8. The third-order valence-corrected chi connectivity index (χ3v) is 4.84. The molecule has 1 aliphatic heterocycles. The first-order valence-corrected chi connectivity index (χ1v) is 8.39. The van der Waals surface area contributed by atoms with Gasteiger partial charge in [0.15, 0.2) is 0 Å². The molecule has 1 atom stereocenters. The van der Waals surface area contributed by atoms with Crippen LogP contribution in [0, 0.1) is 5.92 Å². The fourth-order valence-corrected chi connectivity index (χ4v) is 3.73. The Bertz CT molecular complexity index is 326. The molecule has 1 aliphatic carbocycles. The number of hydrogen-bond donors (Lipinski definition) is 0. The number of carbonyl (C=O) groups is 1. The van der Waals surface area contributed by atoms with E-state index in [4.69, 9.17) is 4.74 Å². The Balaban J connectivity index is 1.92. The molecule has 0 N–H and O–H groups in total.